The van der Waals surface area contributed by atoms with E-state index < -0.39 is 17.8 Å². The monoisotopic (exact) mass is 571 g/mol. The molecular formula is C33H34FN3O5. The van der Waals surface area contributed by atoms with Crippen molar-refractivity contribution in [2.24, 2.45) is 10.9 Å². The minimum atomic E-state index is -0.807. The Bertz CT molecular complexity index is 1570. The van der Waals surface area contributed by atoms with Gasteiger partial charge >= 0.3 is 5.97 Å². The number of aromatic hydroxyl groups is 1. The highest BCUT2D eigenvalue weighted by atomic mass is 19.1. The fourth-order valence-corrected chi connectivity index (χ4v) is 5.44. The van der Waals surface area contributed by atoms with E-state index >= 15 is 0 Å². The number of halogens is 1. The van der Waals surface area contributed by atoms with Gasteiger partial charge in [0.2, 0.25) is 0 Å². The summed E-state index contributed by atoms with van der Waals surface area (Å²) in [7, 11) is 0. The van der Waals surface area contributed by atoms with Crippen molar-refractivity contribution in [1.82, 2.24) is 10.3 Å². The van der Waals surface area contributed by atoms with Gasteiger partial charge in [-0.15, -0.1) is 0 Å². The molecule has 1 amide bonds. The lowest BCUT2D eigenvalue weighted by Crippen LogP contribution is -2.35. The molecule has 4 aromatic rings. The Kier molecular flexibility index (Phi) is 8.56. The summed E-state index contributed by atoms with van der Waals surface area (Å²) < 4.78 is 24.3. The van der Waals surface area contributed by atoms with Crippen LogP contribution in [0.1, 0.15) is 77.5 Å². The molecule has 5 rings (SSSR count). The number of fused-ring (bicyclic) bond motifs is 1. The van der Waals surface area contributed by atoms with Gasteiger partial charge in [-0.05, 0) is 73.2 Å². The van der Waals surface area contributed by atoms with Crippen LogP contribution in [0.2, 0.25) is 0 Å². The molecule has 0 bridgehead atoms. The first-order valence-electron chi connectivity index (χ1n) is 14.1. The van der Waals surface area contributed by atoms with Crippen LogP contribution in [0.4, 0.5) is 10.1 Å². The van der Waals surface area contributed by atoms with Gasteiger partial charge in [0, 0.05) is 28.5 Å². The van der Waals surface area contributed by atoms with Crippen molar-refractivity contribution in [1.29, 1.82) is 0 Å². The molecule has 9 heteroatoms. The largest absolute Gasteiger partial charge is 0.494 e. The molecule has 0 spiro atoms. The summed E-state index contributed by atoms with van der Waals surface area (Å²) in [6.45, 7) is 6.19. The van der Waals surface area contributed by atoms with Crippen LogP contribution in [0.3, 0.4) is 0 Å². The molecule has 2 unspecified atom stereocenters. The summed E-state index contributed by atoms with van der Waals surface area (Å²) in [5, 5.41) is 14.0. The van der Waals surface area contributed by atoms with E-state index in [4.69, 9.17) is 14.1 Å². The summed E-state index contributed by atoms with van der Waals surface area (Å²) in [5.41, 5.74) is 4.62. The van der Waals surface area contributed by atoms with Crippen molar-refractivity contribution in [2.45, 2.75) is 52.0 Å². The van der Waals surface area contributed by atoms with Crippen LogP contribution in [0.25, 0.3) is 0 Å². The Morgan fingerprint density at radius 3 is 2.48 bits per heavy atom. The standard InChI is InChI=1S/C33H34FN3O5/c1-4-41-33(40)27-25(16-9-20-7-14-23(34)15-8-20)36-30-28(32(39)37-29(30)19(2)3)26(27)21-10-12-22(13-11-21)31(38)35-18-24-6-5-17-42-24/h5-8,10-15,17,19,26-27,37,39H,4,9,16,18H2,1-3H3,(H,35,38). The molecule has 218 valence electrons. The highest BCUT2D eigenvalue weighted by Crippen LogP contribution is 2.50. The van der Waals surface area contributed by atoms with E-state index in [2.05, 4.69) is 10.3 Å². The Morgan fingerprint density at radius 2 is 1.83 bits per heavy atom. The lowest BCUT2D eigenvalue weighted by molar-refractivity contribution is -0.146. The smallest absolute Gasteiger partial charge is 0.315 e. The van der Waals surface area contributed by atoms with Crippen LogP contribution in [0, 0.1) is 11.7 Å². The first-order valence-corrected chi connectivity index (χ1v) is 14.1. The number of aliphatic imine (C=N–C) groups is 1. The SMILES string of the molecule is CCOC(=O)C1C(CCc2ccc(F)cc2)=Nc2c(C(C)C)[nH]c(O)c2C1c1ccc(C(=O)NCc2ccco2)cc1. The van der Waals surface area contributed by atoms with Gasteiger partial charge in [0.05, 0.1) is 25.1 Å². The molecule has 1 aliphatic rings. The zero-order chi connectivity index (χ0) is 29.8. The molecule has 0 aliphatic carbocycles. The molecule has 0 radical (unpaired) electrons. The fourth-order valence-electron chi connectivity index (χ4n) is 5.44. The summed E-state index contributed by atoms with van der Waals surface area (Å²) >= 11 is 0. The summed E-state index contributed by atoms with van der Waals surface area (Å²) in [5.74, 6) is -1.82. The number of aryl methyl sites for hydroxylation is 1. The fraction of sp³-hybridized carbons (Fsp3) is 0.303. The number of carbonyl (C=O) groups is 2. The number of nitrogens with zero attached hydrogens (tertiary/aromatic N) is 1. The predicted molar refractivity (Wildman–Crippen MR) is 157 cm³/mol. The van der Waals surface area contributed by atoms with Gasteiger partial charge in [0.1, 0.15) is 17.5 Å². The van der Waals surface area contributed by atoms with E-state index in [1.165, 1.54) is 12.1 Å². The second kappa shape index (κ2) is 12.5. The molecule has 0 saturated carbocycles. The van der Waals surface area contributed by atoms with Crippen molar-refractivity contribution >= 4 is 23.3 Å². The second-order valence-electron chi connectivity index (χ2n) is 10.6. The van der Waals surface area contributed by atoms with Gasteiger partial charge < -0.3 is 24.6 Å². The minimum absolute atomic E-state index is 0.0294. The summed E-state index contributed by atoms with van der Waals surface area (Å²) in [6, 6.07) is 16.8. The maximum absolute atomic E-state index is 13.6. The Morgan fingerprint density at radius 1 is 1.10 bits per heavy atom. The number of benzene rings is 2. The zero-order valence-electron chi connectivity index (χ0n) is 23.8. The van der Waals surface area contributed by atoms with Gasteiger partial charge in [-0.3, -0.25) is 14.6 Å². The van der Waals surface area contributed by atoms with E-state index in [0.717, 1.165) is 16.8 Å². The van der Waals surface area contributed by atoms with Crippen molar-refractivity contribution < 1.29 is 28.2 Å². The topological polar surface area (TPSA) is 117 Å². The van der Waals surface area contributed by atoms with E-state index in [-0.39, 0.29) is 36.7 Å². The number of nitrogens with one attached hydrogen (secondary N) is 2. The van der Waals surface area contributed by atoms with Gasteiger partial charge in [0.25, 0.3) is 5.91 Å². The number of H-pyrrole nitrogens is 1. The number of furan rings is 1. The summed E-state index contributed by atoms with van der Waals surface area (Å²) in [6.07, 6.45) is 2.52. The lowest BCUT2D eigenvalue weighted by atomic mass is 9.74. The lowest BCUT2D eigenvalue weighted by Gasteiger charge is -2.31. The number of carbonyl (C=O) groups excluding carboxylic acids is 2. The number of amides is 1. The number of rotatable bonds is 10. The molecule has 3 heterocycles. The molecule has 8 nitrogen and oxygen atoms in total. The van der Waals surface area contributed by atoms with E-state index in [9.17, 15) is 19.1 Å². The maximum atomic E-state index is 13.6. The normalized spacial score (nSPS) is 16.2. The molecular weight excluding hydrogens is 537 g/mol. The molecule has 3 N–H and O–H groups in total. The molecule has 2 aromatic carbocycles. The van der Waals surface area contributed by atoms with E-state index in [1.807, 2.05) is 13.8 Å². The van der Waals surface area contributed by atoms with Gasteiger partial charge in [-0.1, -0.05) is 38.1 Å². The van der Waals surface area contributed by atoms with Crippen LogP contribution in [0.15, 0.2) is 76.3 Å². The number of esters is 1. The van der Waals surface area contributed by atoms with Crippen molar-refractivity contribution in [3.8, 4) is 5.88 Å². The summed E-state index contributed by atoms with van der Waals surface area (Å²) in [4.78, 5) is 34.4. The van der Waals surface area contributed by atoms with Crippen LogP contribution in [-0.4, -0.2) is 34.3 Å². The molecule has 2 atom stereocenters. The first-order chi connectivity index (χ1) is 20.3. The van der Waals surface area contributed by atoms with Gasteiger partial charge in [-0.25, -0.2) is 4.39 Å². The van der Waals surface area contributed by atoms with Crippen LogP contribution in [-0.2, 0) is 22.5 Å². The first kappa shape index (κ1) is 28.9. The van der Waals surface area contributed by atoms with Crippen molar-refractivity contribution in [3.63, 3.8) is 0 Å². The molecule has 2 aromatic heterocycles. The maximum Gasteiger partial charge on any atom is 0.315 e. The zero-order valence-corrected chi connectivity index (χ0v) is 23.8. The highest BCUT2D eigenvalue weighted by molar-refractivity contribution is 6.07. The number of aromatic amines is 1. The molecule has 0 saturated heterocycles. The third kappa shape index (κ3) is 6.00. The Balaban J connectivity index is 1.52. The number of aromatic nitrogens is 1. The minimum Gasteiger partial charge on any atom is -0.494 e. The molecule has 42 heavy (non-hydrogen) atoms. The number of ether oxygens (including phenoxy) is 1. The van der Waals surface area contributed by atoms with Gasteiger partial charge in [0.15, 0.2) is 5.88 Å². The quantitative estimate of drug-likeness (QED) is 0.187. The van der Waals surface area contributed by atoms with Crippen molar-refractivity contribution in [2.75, 3.05) is 6.61 Å². The number of hydrogen-bond donors (Lipinski definition) is 3. The second-order valence-corrected chi connectivity index (χ2v) is 10.6. The van der Waals surface area contributed by atoms with Crippen LogP contribution < -0.4 is 5.32 Å². The highest BCUT2D eigenvalue weighted by Gasteiger charge is 2.43. The van der Waals surface area contributed by atoms with Gasteiger partial charge in [-0.2, -0.15) is 0 Å². The average Bonchev–Trinajstić information content (AvgIpc) is 3.63. The molecule has 1 aliphatic heterocycles. The van der Waals surface area contributed by atoms with E-state index in [1.54, 1.807) is 61.7 Å². The molecule has 0 fully saturated rings. The Hall–Kier alpha value is -4.66. The van der Waals surface area contributed by atoms with E-state index in [0.29, 0.717) is 41.1 Å². The Labute approximate surface area is 243 Å². The van der Waals surface area contributed by atoms with Crippen LogP contribution in [0.5, 0.6) is 5.88 Å². The number of hydrogen-bond acceptors (Lipinski definition) is 6. The average molecular weight is 572 g/mol. The predicted octanol–water partition coefficient (Wildman–Crippen LogP) is 6.54. The third-order valence-electron chi connectivity index (χ3n) is 7.51. The van der Waals surface area contributed by atoms with Crippen molar-refractivity contribution in [3.05, 3.63) is 106 Å². The van der Waals surface area contributed by atoms with Crippen LogP contribution >= 0.6 is 0 Å². The third-order valence-corrected chi connectivity index (χ3v) is 7.51.